The van der Waals surface area contributed by atoms with E-state index in [1.807, 2.05) is 48.5 Å². The molecular weight excluding hydrogens is 468 g/mol. The first-order valence-corrected chi connectivity index (χ1v) is 12.4. The van der Waals surface area contributed by atoms with Crippen LogP contribution in [0.4, 0.5) is 5.95 Å². The fourth-order valence-corrected chi connectivity index (χ4v) is 5.16. The van der Waals surface area contributed by atoms with Crippen LogP contribution in [0.25, 0.3) is 11.3 Å². The van der Waals surface area contributed by atoms with Crippen LogP contribution in [0.5, 0.6) is 0 Å². The average molecular weight is 491 g/mol. The largest absolute Gasteiger partial charge is 0.324 e. The Morgan fingerprint density at radius 3 is 2.59 bits per heavy atom. The lowest BCUT2D eigenvalue weighted by Crippen LogP contribution is -2.50. The molecule has 0 aliphatic heterocycles. The van der Waals surface area contributed by atoms with Gasteiger partial charge < -0.3 is 4.98 Å². The van der Waals surface area contributed by atoms with E-state index in [1.54, 1.807) is 29.0 Å². The molecule has 2 heterocycles. The number of likely N-dealkylation sites (N-methyl/N-ethyl adjacent to an activating group) is 1. The monoisotopic (exact) mass is 490 g/mol. The number of nitrogens with one attached hydrogen (secondary N) is 1. The highest BCUT2D eigenvalue weighted by atomic mass is 35.5. The topological polar surface area (TPSA) is 79.0 Å². The molecule has 0 saturated heterocycles. The maximum absolute atomic E-state index is 13.5. The molecule has 1 aliphatic rings. The van der Waals surface area contributed by atoms with Crippen LogP contribution in [0.2, 0.25) is 5.02 Å². The van der Waals surface area contributed by atoms with Crippen molar-refractivity contribution in [3.8, 4) is 11.3 Å². The van der Waals surface area contributed by atoms with E-state index < -0.39 is 5.41 Å². The van der Waals surface area contributed by atoms with Gasteiger partial charge in [-0.05, 0) is 41.7 Å². The van der Waals surface area contributed by atoms with Crippen molar-refractivity contribution in [2.45, 2.75) is 31.1 Å². The molecule has 2 aromatic carbocycles. The molecule has 4 aromatic rings. The van der Waals surface area contributed by atoms with Crippen molar-refractivity contribution in [1.82, 2.24) is 15.0 Å². The number of thiazole rings is 1. The Kier molecular flexibility index (Phi) is 6.06. The number of hydrogen-bond acceptors (Lipinski definition) is 5. The third-order valence-electron chi connectivity index (χ3n) is 6.53. The first-order valence-electron chi connectivity index (χ1n) is 11.1. The fraction of sp³-hybridized carbons (Fsp3) is 0.231. The molecule has 0 atom stereocenters. The number of carbonyl (C=O) groups excluding carboxylic acids is 2. The number of aromatic amines is 1. The highest BCUT2D eigenvalue weighted by molar-refractivity contribution is 7.07. The molecule has 1 aliphatic carbocycles. The maximum Gasteiger partial charge on any atom is 0.239 e. The second-order valence-corrected chi connectivity index (χ2v) is 9.76. The Labute approximate surface area is 206 Å². The summed E-state index contributed by atoms with van der Waals surface area (Å²) in [7, 11) is 1.75. The minimum absolute atomic E-state index is 0.00240. The van der Waals surface area contributed by atoms with E-state index in [9.17, 15) is 9.59 Å². The molecule has 1 amide bonds. The van der Waals surface area contributed by atoms with E-state index >= 15 is 0 Å². The molecule has 1 N–H and O–H groups in total. The fourth-order valence-electron chi connectivity index (χ4n) is 4.42. The Bertz CT molecular complexity index is 1330. The zero-order valence-corrected chi connectivity index (χ0v) is 20.2. The number of rotatable bonds is 7. The van der Waals surface area contributed by atoms with Gasteiger partial charge in [-0.15, -0.1) is 11.3 Å². The number of anilines is 1. The van der Waals surface area contributed by atoms with E-state index in [0.29, 0.717) is 23.1 Å². The van der Waals surface area contributed by atoms with Gasteiger partial charge >= 0.3 is 0 Å². The van der Waals surface area contributed by atoms with Crippen molar-refractivity contribution in [3.63, 3.8) is 0 Å². The van der Waals surface area contributed by atoms with Crippen molar-refractivity contribution in [1.29, 1.82) is 0 Å². The number of hydrogen-bond donors (Lipinski definition) is 1. The predicted molar refractivity (Wildman–Crippen MR) is 135 cm³/mol. The van der Waals surface area contributed by atoms with E-state index in [-0.39, 0.29) is 11.7 Å². The van der Waals surface area contributed by atoms with Gasteiger partial charge in [-0.25, -0.2) is 9.97 Å². The normalized spacial score (nSPS) is 14.4. The molecule has 172 valence electrons. The van der Waals surface area contributed by atoms with Gasteiger partial charge in [0.15, 0.2) is 5.78 Å². The summed E-state index contributed by atoms with van der Waals surface area (Å²) in [5.74, 6) is 0.511. The summed E-state index contributed by atoms with van der Waals surface area (Å²) in [5.41, 5.74) is 5.21. The summed E-state index contributed by atoms with van der Waals surface area (Å²) in [6.45, 7) is 0. The molecule has 0 spiro atoms. The minimum Gasteiger partial charge on any atom is -0.324 e. The summed E-state index contributed by atoms with van der Waals surface area (Å²) >= 11 is 7.62. The molecule has 0 unspecified atom stereocenters. The number of imidazole rings is 1. The molecule has 5 rings (SSSR count). The van der Waals surface area contributed by atoms with Gasteiger partial charge in [0, 0.05) is 23.9 Å². The van der Waals surface area contributed by atoms with Gasteiger partial charge in [0.25, 0.3) is 0 Å². The zero-order chi connectivity index (χ0) is 23.7. The molecule has 0 radical (unpaired) electrons. The molecule has 1 fully saturated rings. The summed E-state index contributed by atoms with van der Waals surface area (Å²) in [5, 5.41) is 2.40. The van der Waals surface area contributed by atoms with Crippen LogP contribution in [0, 0.1) is 0 Å². The van der Waals surface area contributed by atoms with Crippen LogP contribution in [0.15, 0.2) is 65.6 Å². The van der Waals surface area contributed by atoms with Crippen molar-refractivity contribution in [2.75, 3.05) is 11.9 Å². The van der Waals surface area contributed by atoms with Crippen molar-refractivity contribution in [3.05, 3.63) is 87.5 Å². The summed E-state index contributed by atoms with van der Waals surface area (Å²) in [4.78, 5) is 39.2. The maximum atomic E-state index is 13.5. The standard InChI is InChI=1S/C26H23ClN4O2S/c1-31(24(33)26(10-3-11-26)19-4-2-5-20(27)13-19)25-28-14-21(30-25)18-8-6-17(7-9-18)12-23(32)22-15-34-16-29-22/h2,4-9,13-16H,3,10-12H2,1H3,(H,28,30). The molecule has 2 aromatic heterocycles. The molecule has 0 bridgehead atoms. The summed E-state index contributed by atoms with van der Waals surface area (Å²) in [6.07, 6.45) is 4.63. The summed E-state index contributed by atoms with van der Waals surface area (Å²) < 4.78 is 0. The van der Waals surface area contributed by atoms with E-state index in [4.69, 9.17) is 11.6 Å². The average Bonchev–Trinajstić information content (AvgIpc) is 3.51. The first kappa shape index (κ1) is 22.5. The smallest absolute Gasteiger partial charge is 0.239 e. The molecular formula is C26H23ClN4O2S. The Morgan fingerprint density at radius 2 is 1.94 bits per heavy atom. The number of ketones is 1. The lowest BCUT2D eigenvalue weighted by Gasteiger charge is -2.42. The Morgan fingerprint density at radius 1 is 1.15 bits per heavy atom. The van der Waals surface area contributed by atoms with Crippen molar-refractivity contribution in [2.24, 2.45) is 0 Å². The number of benzene rings is 2. The third kappa shape index (κ3) is 4.17. The van der Waals surface area contributed by atoms with Crippen LogP contribution in [0.3, 0.4) is 0 Å². The van der Waals surface area contributed by atoms with Crippen LogP contribution < -0.4 is 4.90 Å². The highest BCUT2D eigenvalue weighted by Gasteiger charge is 2.47. The number of amides is 1. The molecule has 34 heavy (non-hydrogen) atoms. The first-order chi connectivity index (χ1) is 16.5. The van der Waals surface area contributed by atoms with Gasteiger partial charge in [-0.3, -0.25) is 14.5 Å². The lowest BCUT2D eigenvalue weighted by molar-refractivity contribution is -0.126. The molecule has 6 nitrogen and oxygen atoms in total. The van der Waals surface area contributed by atoms with Crippen LogP contribution in [0.1, 0.15) is 40.9 Å². The SMILES string of the molecule is CN(C(=O)C1(c2cccc(Cl)c2)CCC1)c1ncc(-c2ccc(CC(=O)c3cscn3)cc2)[nH]1. The summed E-state index contributed by atoms with van der Waals surface area (Å²) in [6, 6.07) is 15.3. The second kappa shape index (κ2) is 9.16. The van der Waals surface area contributed by atoms with Crippen LogP contribution >= 0.6 is 22.9 Å². The molecule has 8 heteroatoms. The van der Waals surface area contributed by atoms with Crippen LogP contribution in [-0.4, -0.2) is 33.7 Å². The van der Waals surface area contributed by atoms with Gasteiger partial charge in [0.2, 0.25) is 11.9 Å². The second-order valence-electron chi connectivity index (χ2n) is 8.60. The number of Topliss-reactive ketones (excluding diaryl/α,β-unsaturated/α-hetero) is 1. The Hall–Kier alpha value is -3.29. The number of H-pyrrole nitrogens is 1. The zero-order valence-electron chi connectivity index (χ0n) is 18.6. The van der Waals surface area contributed by atoms with E-state index in [1.165, 1.54) is 11.3 Å². The van der Waals surface area contributed by atoms with Gasteiger partial charge in [-0.1, -0.05) is 54.4 Å². The third-order valence-corrected chi connectivity index (χ3v) is 7.35. The predicted octanol–water partition coefficient (Wildman–Crippen LogP) is 5.70. The molecule has 1 saturated carbocycles. The van der Waals surface area contributed by atoms with Gasteiger partial charge in [0.1, 0.15) is 5.69 Å². The van der Waals surface area contributed by atoms with Crippen molar-refractivity contribution < 1.29 is 9.59 Å². The van der Waals surface area contributed by atoms with E-state index in [2.05, 4.69) is 15.0 Å². The number of halogens is 1. The van der Waals surface area contributed by atoms with Crippen LogP contribution in [-0.2, 0) is 16.6 Å². The number of nitrogens with zero attached hydrogens (tertiary/aromatic N) is 3. The van der Waals surface area contributed by atoms with Crippen molar-refractivity contribution >= 4 is 40.6 Å². The Balaban J connectivity index is 1.31. The number of carbonyl (C=O) groups is 2. The van der Waals surface area contributed by atoms with Gasteiger partial charge in [-0.2, -0.15) is 0 Å². The van der Waals surface area contributed by atoms with Gasteiger partial charge in [0.05, 0.1) is 22.8 Å². The highest BCUT2D eigenvalue weighted by Crippen LogP contribution is 2.46. The minimum atomic E-state index is -0.557. The quantitative estimate of drug-likeness (QED) is 0.337. The van der Waals surface area contributed by atoms with E-state index in [0.717, 1.165) is 41.6 Å². The lowest BCUT2D eigenvalue weighted by atomic mass is 9.63. The number of aromatic nitrogens is 3.